The minimum absolute atomic E-state index is 0.0388. The van der Waals surface area contributed by atoms with Gasteiger partial charge in [-0.15, -0.1) is 0 Å². The van der Waals surface area contributed by atoms with E-state index in [0.29, 0.717) is 12.8 Å². The maximum atomic E-state index is 12.0. The quantitative estimate of drug-likeness (QED) is 0.897. The zero-order valence-electron chi connectivity index (χ0n) is 12.5. The Balaban J connectivity index is 1.96. The summed E-state index contributed by atoms with van der Waals surface area (Å²) in [7, 11) is 0. The van der Waals surface area contributed by atoms with Crippen LogP contribution < -0.4 is 5.32 Å². The second kappa shape index (κ2) is 5.90. The molecule has 0 saturated heterocycles. The Morgan fingerprint density at radius 1 is 1.25 bits per heavy atom. The summed E-state index contributed by atoms with van der Waals surface area (Å²) in [6, 6.07) is 6.03. The van der Waals surface area contributed by atoms with Gasteiger partial charge in [-0.3, -0.25) is 9.89 Å². The van der Waals surface area contributed by atoms with Crippen LogP contribution in [0.15, 0.2) is 18.2 Å². The van der Waals surface area contributed by atoms with Gasteiger partial charge in [0.1, 0.15) is 0 Å². The Morgan fingerprint density at radius 2 is 2.00 bits per heavy atom. The first kappa shape index (κ1) is 14.3. The number of benzene rings is 1. The van der Waals surface area contributed by atoms with Crippen LogP contribution in [0.2, 0.25) is 0 Å². The Bertz CT molecular complexity index is 609. The van der Waals surface area contributed by atoms with E-state index in [-0.39, 0.29) is 5.91 Å². The van der Waals surface area contributed by atoms with Gasteiger partial charge in [0, 0.05) is 17.8 Å². The molecule has 2 N–H and O–H groups in total. The molecule has 0 spiro atoms. The van der Waals surface area contributed by atoms with E-state index in [4.69, 9.17) is 0 Å². The highest BCUT2D eigenvalue weighted by atomic mass is 16.1. The number of nitrogens with one attached hydrogen (secondary N) is 2. The van der Waals surface area contributed by atoms with Crippen molar-refractivity contribution in [2.45, 2.75) is 40.5 Å². The molecule has 1 aromatic heterocycles. The van der Waals surface area contributed by atoms with Crippen molar-refractivity contribution < 1.29 is 4.79 Å². The largest absolute Gasteiger partial charge is 0.326 e. The van der Waals surface area contributed by atoms with Crippen LogP contribution in [0.3, 0.4) is 0 Å². The third-order valence-corrected chi connectivity index (χ3v) is 3.54. The summed E-state index contributed by atoms with van der Waals surface area (Å²) in [4.78, 5) is 12.0. The number of H-pyrrole nitrogens is 1. The molecule has 0 fully saturated rings. The van der Waals surface area contributed by atoms with E-state index in [1.165, 1.54) is 5.56 Å². The number of aromatic nitrogens is 2. The lowest BCUT2D eigenvalue weighted by atomic mass is 10.1. The van der Waals surface area contributed by atoms with Crippen LogP contribution >= 0.6 is 0 Å². The van der Waals surface area contributed by atoms with Gasteiger partial charge in [-0.2, -0.15) is 5.10 Å². The zero-order chi connectivity index (χ0) is 14.7. The van der Waals surface area contributed by atoms with Crippen molar-refractivity contribution >= 4 is 11.6 Å². The molecule has 4 heteroatoms. The van der Waals surface area contributed by atoms with Crippen LogP contribution in [0.1, 0.15) is 34.5 Å². The van der Waals surface area contributed by atoms with E-state index in [9.17, 15) is 4.79 Å². The molecule has 4 nitrogen and oxygen atoms in total. The Kier molecular flexibility index (Phi) is 4.23. The number of carbonyl (C=O) groups excluding carboxylic acids is 1. The van der Waals surface area contributed by atoms with Crippen LogP contribution in [0.4, 0.5) is 5.69 Å². The number of nitrogens with zero attached hydrogens (tertiary/aromatic N) is 1. The molecule has 0 saturated carbocycles. The van der Waals surface area contributed by atoms with Crippen molar-refractivity contribution in [1.29, 1.82) is 0 Å². The standard InChI is InChI=1S/C16H21N3O/c1-10-5-7-15(11(2)9-10)17-16(20)8-6-14-12(3)18-19-13(14)4/h5,7,9H,6,8H2,1-4H3,(H,17,20)(H,18,19). The topological polar surface area (TPSA) is 57.8 Å². The molecular formula is C16H21N3O. The van der Waals surface area contributed by atoms with Crippen LogP contribution in [0.5, 0.6) is 0 Å². The van der Waals surface area contributed by atoms with Gasteiger partial charge in [-0.25, -0.2) is 0 Å². The lowest BCUT2D eigenvalue weighted by Gasteiger charge is -2.09. The van der Waals surface area contributed by atoms with Crippen LogP contribution in [-0.2, 0) is 11.2 Å². The fourth-order valence-corrected chi connectivity index (χ4v) is 2.35. The van der Waals surface area contributed by atoms with Crippen LogP contribution in [0.25, 0.3) is 0 Å². The molecule has 0 bridgehead atoms. The first-order valence-corrected chi connectivity index (χ1v) is 6.85. The third-order valence-electron chi connectivity index (χ3n) is 3.54. The summed E-state index contributed by atoms with van der Waals surface area (Å²) >= 11 is 0. The second-order valence-electron chi connectivity index (χ2n) is 5.28. The Hall–Kier alpha value is -2.10. The van der Waals surface area contributed by atoms with Crippen molar-refractivity contribution in [3.05, 3.63) is 46.3 Å². The van der Waals surface area contributed by atoms with Gasteiger partial charge >= 0.3 is 0 Å². The van der Waals surface area contributed by atoms with Crippen molar-refractivity contribution in [3.8, 4) is 0 Å². The Labute approximate surface area is 119 Å². The van der Waals surface area contributed by atoms with Gasteiger partial charge in [-0.05, 0) is 51.3 Å². The first-order valence-electron chi connectivity index (χ1n) is 6.85. The smallest absolute Gasteiger partial charge is 0.224 e. The van der Waals surface area contributed by atoms with Gasteiger partial charge < -0.3 is 5.32 Å². The minimum Gasteiger partial charge on any atom is -0.326 e. The molecule has 1 heterocycles. The van der Waals surface area contributed by atoms with E-state index < -0.39 is 0 Å². The molecular weight excluding hydrogens is 250 g/mol. The van der Waals surface area contributed by atoms with Gasteiger partial charge in [0.25, 0.3) is 0 Å². The van der Waals surface area contributed by atoms with Crippen molar-refractivity contribution in [1.82, 2.24) is 10.2 Å². The summed E-state index contributed by atoms with van der Waals surface area (Å²) in [6.07, 6.45) is 1.18. The number of carbonyl (C=O) groups is 1. The summed E-state index contributed by atoms with van der Waals surface area (Å²) in [6.45, 7) is 7.99. The van der Waals surface area contributed by atoms with E-state index in [2.05, 4.69) is 21.6 Å². The van der Waals surface area contributed by atoms with Crippen molar-refractivity contribution in [2.75, 3.05) is 5.32 Å². The number of anilines is 1. The van der Waals surface area contributed by atoms with Crippen molar-refractivity contribution in [2.24, 2.45) is 0 Å². The predicted octanol–water partition coefficient (Wildman–Crippen LogP) is 3.21. The first-order chi connectivity index (χ1) is 9.47. The predicted molar refractivity (Wildman–Crippen MR) is 80.9 cm³/mol. The highest BCUT2D eigenvalue weighted by Gasteiger charge is 2.10. The number of aromatic amines is 1. The summed E-state index contributed by atoms with van der Waals surface area (Å²) < 4.78 is 0. The molecule has 1 amide bonds. The molecule has 1 aromatic carbocycles. The molecule has 0 aliphatic rings. The molecule has 0 atom stereocenters. The minimum atomic E-state index is 0.0388. The molecule has 0 radical (unpaired) electrons. The van der Waals surface area contributed by atoms with Gasteiger partial charge in [-0.1, -0.05) is 17.7 Å². The molecule has 20 heavy (non-hydrogen) atoms. The summed E-state index contributed by atoms with van der Waals surface area (Å²) in [5.41, 5.74) is 6.34. The van der Waals surface area contributed by atoms with Gasteiger partial charge in [0.2, 0.25) is 5.91 Å². The van der Waals surface area contributed by atoms with Crippen LogP contribution in [0, 0.1) is 27.7 Å². The molecule has 0 unspecified atom stereocenters. The maximum absolute atomic E-state index is 12.0. The maximum Gasteiger partial charge on any atom is 0.224 e. The lowest BCUT2D eigenvalue weighted by molar-refractivity contribution is -0.116. The van der Waals surface area contributed by atoms with E-state index in [1.54, 1.807) is 0 Å². The van der Waals surface area contributed by atoms with Crippen molar-refractivity contribution in [3.63, 3.8) is 0 Å². The molecule has 0 aliphatic carbocycles. The highest BCUT2D eigenvalue weighted by molar-refractivity contribution is 5.91. The summed E-state index contributed by atoms with van der Waals surface area (Å²) in [5, 5.41) is 10.1. The van der Waals surface area contributed by atoms with E-state index in [1.807, 2.05) is 39.8 Å². The SMILES string of the molecule is Cc1ccc(NC(=O)CCc2c(C)n[nH]c2C)c(C)c1. The number of amides is 1. The number of hydrogen-bond donors (Lipinski definition) is 2. The molecule has 0 aliphatic heterocycles. The fraction of sp³-hybridized carbons (Fsp3) is 0.375. The molecule has 2 rings (SSSR count). The average molecular weight is 271 g/mol. The van der Waals surface area contributed by atoms with Crippen LogP contribution in [-0.4, -0.2) is 16.1 Å². The number of hydrogen-bond acceptors (Lipinski definition) is 2. The third kappa shape index (κ3) is 3.26. The monoisotopic (exact) mass is 271 g/mol. The summed E-state index contributed by atoms with van der Waals surface area (Å²) in [5.74, 6) is 0.0388. The molecule has 2 aromatic rings. The van der Waals surface area contributed by atoms with E-state index >= 15 is 0 Å². The Morgan fingerprint density at radius 3 is 2.60 bits per heavy atom. The normalized spacial score (nSPS) is 10.6. The molecule has 106 valence electrons. The average Bonchev–Trinajstić information content (AvgIpc) is 2.70. The number of rotatable bonds is 4. The lowest BCUT2D eigenvalue weighted by Crippen LogP contribution is -2.13. The second-order valence-corrected chi connectivity index (χ2v) is 5.28. The number of aryl methyl sites for hydroxylation is 4. The highest BCUT2D eigenvalue weighted by Crippen LogP contribution is 2.17. The van der Waals surface area contributed by atoms with Gasteiger partial charge in [0.15, 0.2) is 0 Å². The van der Waals surface area contributed by atoms with E-state index in [0.717, 1.165) is 28.2 Å². The zero-order valence-corrected chi connectivity index (χ0v) is 12.5. The van der Waals surface area contributed by atoms with Gasteiger partial charge in [0.05, 0.1) is 5.69 Å². The fourth-order valence-electron chi connectivity index (χ4n) is 2.35.